The molecule has 1 aliphatic rings. The summed E-state index contributed by atoms with van der Waals surface area (Å²) in [4.78, 5) is 12.6. The van der Waals surface area contributed by atoms with Crippen molar-refractivity contribution in [2.75, 3.05) is 0 Å². The highest BCUT2D eigenvalue weighted by atomic mass is 16.1. The summed E-state index contributed by atoms with van der Waals surface area (Å²) in [5, 5.41) is 8.12. The Labute approximate surface area is 76.2 Å². The first-order valence-electron chi connectivity index (χ1n) is 4.36. The van der Waals surface area contributed by atoms with Gasteiger partial charge in [-0.15, -0.1) is 0 Å². The molecule has 1 heterocycles. The van der Waals surface area contributed by atoms with Crippen LogP contribution in [-0.4, -0.2) is 20.8 Å². The van der Waals surface area contributed by atoms with Gasteiger partial charge < -0.3 is 0 Å². The molecule has 0 saturated heterocycles. The number of allylic oxidation sites excluding steroid dienone is 2. The van der Waals surface area contributed by atoms with Crippen LogP contribution in [-0.2, 0) is 11.8 Å². The molecule has 0 unspecified atom stereocenters. The molecule has 1 aromatic rings. The summed E-state index contributed by atoms with van der Waals surface area (Å²) in [5.74, 6) is 0.201. The molecule has 0 spiro atoms. The maximum absolute atomic E-state index is 11.1. The van der Waals surface area contributed by atoms with Gasteiger partial charge in [-0.2, -0.15) is 15.0 Å². The molecule has 0 bridgehead atoms. The molecule has 0 radical (unpaired) electrons. The summed E-state index contributed by atoms with van der Waals surface area (Å²) in [6.45, 7) is 0. The Morgan fingerprint density at radius 2 is 2.31 bits per heavy atom. The van der Waals surface area contributed by atoms with E-state index in [1.165, 1.54) is 4.80 Å². The van der Waals surface area contributed by atoms with Crippen molar-refractivity contribution in [1.82, 2.24) is 15.0 Å². The average Bonchev–Trinajstić information content (AvgIpc) is 2.52. The lowest BCUT2D eigenvalue weighted by atomic mass is 9.97. The normalized spacial score (nSPS) is 17.3. The van der Waals surface area contributed by atoms with Gasteiger partial charge in [0, 0.05) is 13.5 Å². The third-order valence-corrected chi connectivity index (χ3v) is 2.13. The highest BCUT2D eigenvalue weighted by Gasteiger charge is 2.13. The first kappa shape index (κ1) is 8.16. The molecule has 0 fully saturated rings. The van der Waals surface area contributed by atoms with Gasteiger partial charge in [-0.1, -0.05) is 0 Å². The summed E-state index contributed by atoms with van der Waals surface area (Å²) in [6, 6.07) is 0. The van der Waals surface area contributed by atoms with Gasteiger partial charge >= 0.3 is 0 Å². The van der Waals surface area contributed by atoms with E-state index in [9.17, 15) is 4.79 Å². The molecule has 68 valence electrons. The van der Waals surface area contributed by atoms with E-state index in [0.29, 0.717) is 6.42 Å². The maximum Gasteiger partial charge on any atom is 0.156 e. The molecule has 4 nitrogen and oxygen atoms in total. The lowest BCUT2D eigenvalue weighted by Crippen LogP contribution is -2.02. The highest BCUT2D eigenvalue weighted by molar-refractivity contribution is 5.97. The molecule has 0 atom stereocenters. The largest absolute Gasteiger partial charge is 0.295 e. The van der Waals surface area contributed by atoms with E-state index in [1.54, 1.807) is 19.3 Å². The van der Waals surface area contributed by atoms with Gasteiger partial charge in [0.2, 0.25) is 0 Å². The third kappa shape index (κ3) is 1.66. The number of aryl methyl sites for hydroxylation is 1. The van der Waals surface area contributed by atoms with Crippen LogP contribution in [0, 0.1) is 0 Å². The molecule has 13 heavy (non-hydrogen) atoms. The zero-order chi connectivity index (χ0) is 9.26. The quantitative estimate of drug-likeness (QED) is 0.641. The molecule has 0 N–H and O–H groups in total. The molecule has 1 aliphatic carbocycles. The first-order chi connectivity index (χ1) is 6.25. The van der Waals surface area contributed by atoms with Crippen LogP contribution in [0.4, 0.5) is 0 Å². The second-order valence-electron chi connectivity index (χ2n) is 3.21. The molecule has 0 aliphatic heterocycles. The van der Waals surface area contributed by atoms with E-state index < -0.39 is 0 Å². The molecule has 0 aromatic carbocycles. The van der Waals surface area contributed by atoms with Crippen LogP contribution in [0.25, 0.3) is 5.57 Å². The fourth-order valence-corrected chi connectivity index (χ4v) is 1.49. The minimum Gasteiger partial charge on any atom is -0.295 e. The fourth-order valence-electron chi connectivity index (χ4n) is 1.49. The van der Waals surface area contributed by atoms with E-state index >= 15 is 0 Å². The van der Waals surface area contributed by atoms with Gasteiger partial charge in [0.1, 0.15) is 5.69 Å². The maximum atomic E-state index is 11.1. The van der Waals surface area contributed by atoms with E-state index in [-0.39, 0.29) is 5.78 Å². The Balaban J connectivity index is 2.30. The van der Waals surface area contributed by atoms with Crippen LogP contribution in [0.5, 0.6) is 0 Å². The van der Waals surface area contributed by atoms with Gasteiger partial charge in [-0.25, -0.2) is 0 Å². The summed E-state index contributed by atoms with van der Waals surface area (Å²) in [6.07, 6.45) is 5.92. The summed E-state index contributed by atoms with van der Waals surface area (Å²) < 4.78 is 0. The summed E-state index contributed by atoms with van der Waals surface area (Å²) in [7, 11) is 1.77. The third-order valence-electron chi connectivity index (χ3n) is 2.13. The van der Waals surface area contributed by atoms with Gasteiger partial charge in [0.25, 0.3) is 0 Å². The van der Waals surface area contributed by atoms with Crippen molar-refractivity contribution >= 4 is 11.4 Å². The van der Waals surface area contributed by atoms with E-state index in [2.05, 4.69) is 10.2 Å². The Morgan fingerprint density at radius 3 is 2.92 bits per heavy atom. The number of hydrogen-bond donors (Lipinski definition) is 0. The Hall–Kier alpha value is -1.45. The summed E-state index contributed by atoms with van der Waals surface area (Å²) >= 11 is 0. The van der Waals surface area contributed by atoms with Gasteiger partial charge in [-0.05, 0) is 24.5 Å². The smallest absolute Gasteiger partial charge is 0.156 e. The number of carbonyl (C=O) groups is 1. The molecular formula is C9H11N3O. The monoisotopic (exact) mass is 177 g/mol. The zero-order valence-electron chi connectivity index (χ0n) is 7.53. The zero-order valence-corrected chi connectivity index (χ0v) is 7.53. The lowest BCUT2D eigenvalue weighted by Gasteiger charge is -2.08. The van der Waals surface area contributed by atoms with Crippen molar-refractivity contribution in [2.24, 2.45) is 7.05 Å². The van der Waals surface area contributed by atoms with Crippen molar-refractivity contribution < 1.29 is 4.79 Å². The average molecular weight is 177 g/mol. The second kappa shape index (κ2) is 3.12. The number of aromatic nitrogens is 3. The van der Waals surface area contributed by atoms with Gasteiger partial charge in [-0.3, -0.25) is 4.79 Å². The lowest BCUT2D eigenvalue weighted by molar-refractivity contribution is -0.114. The SMILES string of the molecule is Cn1ncc(C2=CC(=O)CCC2)n1. The second-order valence-corrected chi connectivity index (χ2v) is 3.21. The Kier molecular flexibility index (Phi) is 1.96. The minimum atomic E-state index is 0.201. The topological polar surface area (TPSA) is 47.8 Å². The van der Waals surface area contributed by atoms with Crippen LogP contribution >= 0.6 is 0 Å². The van der Waals surface area contributed by atoms with E-state index in [1.807, 2.05) is 0 Å². The predicted molar refractivity (Wildman–Crippen MR) is 47.8 cm³/mol. The van der Waals surface area contributed by atoms with Crippen molar-refractivity contribution in [3.05, 3.63) is 18.0 Å². The minimum absolute atomic E-state index is 0.201. The van der Waals surface area contributed by atoms with Crippen molar-refractivity contribution in [1.29, 1.82) is 0 Å². The van der Waals surface area contributed by atoms with E-state index in [4.69, 9.17) is 0 Å². The van der Waals surface area contributed by atoms with Crippen LogP contribution in [0.1, 0.15) is 25.0 Å². The number of nitrogens with zero attached hydrogens (tertiary/aromatic N) is 3. The van der Waals surface area contributed by atoms with Crippen LogP contribution < -0.4 is 0 Å². The number of rotatable bonds is 1. The number of ketones is 1. The fraction of sp³-hybridized carbons (Fsp3) is 0.444. The molecule has 0 saturated carbocycles. The Bertz CT molecular complexity index is 365. The molecule has 0 amide bonds. The van der Waals surface area contributed by atoms with Crippen molar-refractivity contribution in [3.63, 3.8) is 0 Å². The number of carbonyl (C=O) groups excluding carboxylic acids is 1. The summed E-state index contributed by atoms with van der Waals surface area (Å²) in [5.41, 5.74) is 1.85. The Morgan fingerprint density at radius 1 is 1.46 bits per heavy atom. The van der Waals surface area contributed by atoms with Gasteiger partial charge in [0.15, 0.2) is 5.78 Å². The van der Waals surface area contributed by atoms with E-state index in [0.717, 1.165) is 24.1 Å². The highest BCUT2D eigenvalue weighted by Crippen LogP contribution is 2.22. The molecule has 4 heteroatoms. The van der Waals surface area contributed by atoms with Crippen LogP contribution in [0.15, 0.2) is 12.3 Å². The van der Waals surface area contributed by atoms with Crippen LogP contribution in [0.2, 0.25) is 0 Å². The number of hydrogen-bond acceptors (Lipinski definition) is 3. The molecular weight excluding hydrogens is 166 g/mol. The first-order valence-corrected chi connectivity index (χ1v) is 4.36. The van der Waals surface area contributed by atoms with Crippen molar-refractivity contribution in [3.8, 4) is 0 Å². The predicted octanol–water partition coefficient (Wildman–Crippen LogP) is 0.952. The van der Waals surface area contributed by atoms with Crippen molar-refractivity contribution in [2.45, 2.75) is 19.3 Å². The standard InChI is InChI=1S/C9H11N3O/c1-12-10-6-9(11-12)7-3-2-4-8(13)5-7/h5-6H,2-4H2,1H3. The van der Waals surface area contributed by atoms with Crippen LogP contribution in [0.3, 0.4) is 0 Å². The molecule has 2 rings (SSSR count). The van der Waals surface area contributed by atoms with Gasteiger partial charge in [0.05, 0.1) is 6.20 Å². The molecule has 1 aromatic heterocycles.